The number of benzene rings is 1. The van der Waals surface area contributed by atoms with Crippen molar-refractivity contribution >= 4 is 23.3 Å². The van der Waals surface area contributed by atoms with Crippen LogP contribution in [0, 0.1) is 0 Å². The number of esters is 1. The second-order valence-electron chi connectivity index (χ2n) is 7.47. The van der Waals surface area contributed by atoms with Crippen LogP contribution < -0.4 is 0 Å². The molecule has 6 nitrogen and oxygen atoms in total. The van der Waals surface area contributed by atoms with Gasteiger partial charge in [-0.1, -0.05) is 12.1 Å². The monoisotopic (exact) mass is 366 g/mol. The molecular weight excluding hydrogens is 348 g/mol. The van der Waals surface area contributed by atoms with Gasteiger partial charge in [0.15, 0.2) is 0 Å². The minimum atomic E-state index is -0.699. The van der Waals surface area contributed by atoms with Crippen molar-refractivity contribution in [2.24, 2.45) is 0 Å². The first-order chi connectivity index (χ1) is 12.7. The Morgan fingerprint density at radius 2 is 1.81 bits per heavy atom. The van der Waals surface area contributed by atoms with Crippen LogP contribution in [0.5, 0.6) is 0 Å². The van der Waals surface area contributed by atoms with Gasteiger partial charge in [0.05, 0.1) is 11.8 Å². The molecule has 6 heteroatoms. The second-order valence-corrected chi connectivity index (χ2v) is 7.47. The lowest BCUT2D eigenvalue weighted by Crippen LogP contribution is -2.36. The average molecular weight is 366 g/mol. The maximum atomic E-state index is 12.9. The quantitative estimate of drug-likeness (QED) is 0.599. The second kappa shape index (κ2) is 5.74. The Kier molecular flexibility index (Phi) is 3.70. The molecule has 1 aromatic heterocycles. The van der Waals surface area contributed by atoms with Gasteiger partial charge in [-0.15, -0.1) is 0 Å². The van der Waals surface area contributed by atoms with Crippen LogP contribution >= 0.6 is 0 Å². The van der Waals surface area contributed by atoms with Crippen molar-refractivity contribution in [2.75, 3.05) is 0 Å². The number of hydrogen-bond donors (Lipinski definition) is 0. The van der Waals surface area contributed by atoms with Crippen LogP contribution in [0.25, 0.3) is 11.3 Å². The predicted molar refractivity (Wildman–Crippen MR) is 94.6 cm³/mol. The van der Waals surface area contributed by atoms with Crippen LogP contribution in [0.4, 0.5) is 0 Å². The molecule has 0 spiro atoms. The maximum Gasteiger partial charge on any atom is 0.302 e. The SMILES string of the molecule is CC(=O)OCc1coc2c1C(=O)C(=O)c1c-2ccc2c1CCC(=O)C2(C)C. The molecule has 1 heterocycles. The van der Waals surface area contributed by atoms with Gasteiger partial charge in [0.2, 0.25) is 11.6 Å². The summed E-state index contributed by atoms with van der Waals surface area (Å²) in [6.07, 6.45) is 2.11. The number of carbonyl (C=O) groups excluding carboxylic acids is 4. The molecule has 27 heavy (non-hydrogen) atoms. The molecule has 2 aromatic rings. The van der Waals surface area contributed by atoms with E-state index in [1.54, 1.807) is 6.07 Å². The van der Waals surface area contributed by atoms with Crippen molar-refractivity contribution in [3.05, 3.63) is 46.2 Å². The van der Waals surface area contributed by atoms with E-state index in [1.165, 1.54) is 13.2 Å². The topological polar surface area (TPSA) is 90.7 Å². The van der Waals surface area contributed by atoms with Crippen molar-refractivity contribution in [2.45, 2.75) is 45.6 Å². The summed E-state index contributed by atoms with van der Waals surface area (Å²) in [4.78, 5) is 49.1. The Balaban J connectivity index is 1.91. The molecule has 2 aliphatic rings. The highest BCUT2D eigenvalue weighted by Crippen LogP contribution is 2.44. The van der Waals surface area contributed by atoms with E-state index in [9.17, 15) is 19.2 Å². The third-order valence-electron chi connectivity index (χ3n) is 5.49. The zero-order valence-corrected chi connectivity index (χ0v) is 15.3. The molecule has 0 saturated heterocycles. The van der Waals surface area contributed by atoms with E-state index in [1.807, 2.05) is 19.9 Å². The number of furan rings is 1. The van der Waals surface area contributed by atoms with Gasteiger partial charge in [-0.3, -0.25) is 19.2 Å². The summed E-state index contributed by atoms with van der Waals surface area (Å²) in [5.74, 6) is -1.33. The molecule has 0 aliphatic heterocycles. The zero-order chi connectivity index (χ0) is 19.5. The highest BCUT2D eigenvalue weighted by Gasteiger charge is 2.42. The van der Waals surface area contributed by atoms with Crippen LogP contribution in [0.15, 0.2) is 22.8 Å². The van der Waals surface area contributed by atoms with Gasteiger partial charge in [-0.2, -0.15) is 0 Å². The van der Waals surface area contributed by atoms with E-state index in [-0.39, 0.29) is 18.0 Å². The normalized spacial score (nSPS) is 17.2. The Hall–Kier alpha value is -3.02. The van der Waals surface area contributed by atoms with E-state index in [4.69, 9.17) is 9.15 Å². The third-order valence-corrected chi connectivity index (χ3v) is 5.49. The highest BCUT2D eigenvalue weighted by atomic mass is 16.5. The number of carbonyl (C=O) groups is 4. The van der Waals surface area contributed by atoms with Crippen molar-refractivity contribution in [3.63, 3.8) is 0 Å². The Labute approximate surface area is 155 Å². The lowest BCUT2D eigenvalue weighted by Gasteiger charge is -2.33. The average Bonchev–Trinajstić information content (AvgIpc) is 3.04. The van der Waals surface area contributed by atoms with Gasteiger partial charge in [0, 0.05) is 35.4 Å². The maximum absolute atomic E-state index is 12.9. The number of ether oxygens (including phenoxy) is 1. The zero-order valence-electron chi connectivity index (χ0n) is 15.3. The summed E-state index contributed by atoms with van der Waals surface area (Å²) in [5.41, 5.74) is 2.24. The van der Waals surface area contributed by atoms with Crippen LogP contribution in [0.2, 0.25) is 0 Å². The lowest BCUT2D eigenvalue weighted by atomic mass is 9.68. The van der Waals surface area contributed by atoms with Gasteiger partial charge < -0.3 is 9.15 Å². The van der Waals surface area contributed by atoms with E-state index < -0.39 is 23.0 Å². The molecule has 1 aromatic carbocycles. The first kappa shape index (κ1) is 17.4. The van der Waals surface area contributed by atoms with Crippen molar-refractivity contribution in [3.8, 4) is 11.3 Å². The largest absolute Gasteiger partial charge is 0.463 e. The predicted octanol–water partition coefficient (Wildman–Crippen LogP) is 3.18. The summed E-state index contributed by atoms with van der Waals surface area (Å²) in [5, 5.41) is 0. The van der Waals surface area contributed by atoms with Crippen molar-refractivity contribution in [1.29, 1.82) is 0 Å². The molecule has 0 radical (unpaired) electrons. The van der Waals surface area contributed by atoms with E-state index in [0.717, 1.165) is 11.1 Å². The number of Topliss-reactive ketones (excluding diaryl/α,β-unsaturated/α-hetero) is 3. The molecule has 0 unspecified atom stereocenters. The fourth-order valence-corrected chi connectivity index (χ4v) is 4.00. The van der Waals surface area contributed by atoms with Gasteiger partial charge in [-0.05, 0) is 31.4 Å². The molecule has 0 saturated carbocycles. The van der Waals surface area contributed by atoms with Crippen LogP contribution in [-0.2, 0) is 32.8 Å². The molecule has 0 bridgehead atoms. The fourth-order valence-electron chi connectivity index (χ4n) is 4.00. The minimum absolute atomic E-state index is 0.117. The summed E-state index contributed by atoms with van der Waals surface area (Å²) in [6, 6.07) is 3.57. The molecule has 138 valence electrons. The third kappa shape index (κ3) is 2.40. The molecule has 0 fully saturated rings. The number of hydrogen-bond acceptors (Lipinski definition) is 6. The van der Waals surface area contributed by atoms with E-state index >= 15 is 0 Å². The molecule has 0 N–H and O–H groups in total. The lowest BCUT2D eigenvalue weighted by molar-refractivity contribution is -0.142. The smallest absolute Gasteiger partial charge is 0.302 e. The van der Waals surface area contributed by atoms with Crippen LogP contribution in [0.3, 0.4) is 0 Å². The first-order valence-electron chi connectivity index (χ1n) is 8.76. The summed E-state index contributed by atoms with van der Waals surface area (Å²) < 4.78 is 10.6. The number of fused-ring (bicyclic) bond motifs is 5. The highest BCUT2D eigenvalue weighted by molar-refractivity contribution is 6.53. The Morgan fingerprint density at radius 3 is 2.52 bits per heavy atom. The molecule has 2 aliphatic carbocycles. The molecule has 0 atom stereocenters. The summed E-state index contributed by atoms with van der Waals surface area (Å²) in [6.45, 7) is 4.81. The van der Waals surface area contributed by atoms with Crippen LogP contribution in [-0.4, -0.2) is 23.3 Å². The minimum Gasteiger partial charge on any atom is -0.463 e. The van der Waals surface area contributed by atoms with Crippen molar-refractivity contribution in [1.82, 2.24) is 0 Å². The Morgan fingerprint density at radius 1 is 1.11 bits per heavy atom. The van der Waals surface area contributed by atoms with E-state index in [0.29, 0.717) is 35.3 Å². The Bertz CT molecular complexity index is 1040. The van der Waals surface area contributed by atoms with Gasteiger partial charge in [0.25, 0.3) is 0 Å². The van der Waals surface area contributed by atoms with Gasteiger partial charge >= 0.3 is 5.97 Å². The molecule has 4 rings (SSSR count). The fraction of sp³-hybridized carbons (Fsp3) is 0.333. The number of rotatable bonds is 2. The first-order valence-corrected chi connectivity index (χ1v) is 8.76. The molecular formula is C21H18O6. The standard InChI is InChI=1S/C21H18O6/c1-10(22)26-8-11-9-27-20-13-4-6-14-12(5-7-15(23)21(14,2)3)17(13)19(25)18(24)16(11)20/h4,6,9H,5,7-8H2,1-3H3. The van der Waals surface area contributed by atoms with Gasteiger partial charge in [-0.25, -0.2) is 0 Å². The molecule has 0 amide bonds. The van der Waals surface area contributed by atoms with Crippen molar-refractivity contribution < 1.29 is 28.3 Å². The van der Waals surface area contributed by atoms with E-state index in [2.05, 4.69) is 0 Å². The summed E-state index contributed by atoms with van der Waals surface area (Å²) >= 11 is 0. The van der Waals surface area contributed by atoms with Gasteiger partial charge in [0.1, 0.15) is 18.2 Å². The van der Waals surface area contributed by atoms with Crippen LogP contribution in [0.1, 0.15) is 64.6 Å². The summed E-state index contributed by atoms with van der Waals surface area (Å²) in [7, 11) is 0. The number of ketones is 3.